The van der Waals surface area contributed by atoms with Crippen molar-refractivity contribution in [1.82, 2.24) is 5.32 Å². The van der Waals surface area contributed by atoms with Crippen molar-refractivity contribution in [3.63, 3.8) is 0 Å². The molecule has 2 N–H and O–H groups in total. The third-order valence-corrected chi connectivity index (χ3v) is 3.66. The number of rotatable bonds is 5. The van der Waals surface area contributed by atoms with Crippen LogP contribution in [0.4, 0.5) is 0 Å². The number of hydrogen-bond donors (Lipinski definition) is 2. The molecule has 86 valence electrons. The topological polar surface area (TPSA) is 32.3 Å². The first-order valence-corrected chi connectivity index (χ1v) is 6.53. The summed E-state index contributed by atoms with van der Waals surface area (Å²) in [7, 11) is 0. The van der Waals surface area contributed by atoms with Gasteiger partial charge in [-0.2, -0.15) is 0 Å². The molecule has 0 aliphatic heterocycles. The molecule has 1 unspecified atom stereocenters. The number of aliphatic hydroxyl groups is 1. The van der Waals surface area contributed by atoms with Gasteiger partial charge in [-0.25, -0.2) is 0 Å². The van der Waals surface area contributed by atoms with Gasteiger partial charge in [-0.05, 0) is 28.9 Å². The second-order valence-electron chi connectivity index (χ2n) is 3.92. The minimum Gasteiger partial charge on any atom is -0.391 e. The predicted molar refractivity (Wildman–Crippen MR) is 70.1 cm³/mol. The highest BCUT2D eigenvalue weighted by Gasteiger charge is 2.08. The predicted octanol–water partition coefficient (Wildman–Crippen LogP) is 2.41. The Morgan fingerprint density at radius 3 is 3.00 bits per heavy atom. The number of aliphatic hydroxyl groups excluding tert-OH is 1. The molecule has 1 atom stereocenters. The first-order valence-electron chi connectivity index (χ1n) is 5.65. The Balaban J connectivity index is 2.09. The van der Waals surface area contributed by atoms with Crippen LogP contribution in [0.25, 0.3) is 10.1 Å². The number of fused-ring (bicyclic) bond motifs is 1. The summed E-state index contributed by atoms with van der Waals surface area (Å²) in [5.74, 6) is 0. The van der Waals surface area contributed by atoms with Crippen LogP contribution < -0.4 is 5.32 Å². The van der Waals surface area contributed by atoms with Gasteiger partial charge in [-0.3, -0.25) is 0 Å². The van der Waals surface area contributed by atoms with Crippen molar-refractivity contribution in [2.45, 2.75) is 19.4 Å². The highest BCUT2D eigenvalue weighted by molar-refractivity contribution is 7.17. The van der Waals surface area contributed by atoms with Gasteiger partial charge in [0.25, 0.3) is 0 Å². The number of thiophene rings is 1. The minimum absolute atomic E-state index is 0.294. The molecule has 16 heavy (non-hydrogen) atoms. The summed E-state index contributed by atoms with van der Waals surface area (Å²) < 4.78 is 1.30. The van der Waals surface area contributed by atoms with E-state index in [1.54, 1.807) is 11.3 Å². The molecule has 0 aliphatic rings. The number of likely N-dealkylation sites (N-methyl/N-ethyl adjacent to an activating group) is 1. The molecule has 0 bridgehead atoms. The molecule has 3 heteroatoms. The summed E-state index contributed by atoms with van der Waals surface area (Å²) in [5, 5.41) is 16.4. The lowest BCUT2D eigenvalue weighted by molar-refractivity contribution is 0.173. The Labute approximate surface area is 99.9 Å². The maximum absolute atomic E-state index is 9.85. The molecular weight excluding hydrogens is 218 g/mol. The molecule has 0 spiro atoms. The maximum atomic E-state index is 9.85. The fourth-order valence-corrected chi connectivity index (χ4v) is 2.80. The summed E-state index contributed by atoms with van der Waals surface area (Å²) in [5.41, 5.74) is 1.26. The summed E-state index contributed by atoms with van der Waals surface area (Å²) >= 11 is 1.75. The number of nitrogens with one attached hydrogen (secondary N) is 1. The van der Waals surface area contributed by atoms with Gasteiger partial charge < -0.3 is 10.4 Å². The largest absolute Gasteiger partial charge is 0.391 e. The summed E-state index contributed by atoms with van der Waals surface area (Å²) in [6.07, 6.45) is 0.440. The van der Waals surface area contributed by atoms with Gasteiger partial charge in [-0.1, -0.05) is 25.1 Å². The lowest BCUT2D eigenvalue weighted by Crippen LogP contribution is -2.27. The standard InChI is InChI=1S/C13H17NOS/c1-2-14-8-11(15)7-10-9-16-13-6-4-3-5-12(10)13/h3-6,9,11,14-15H,2,7-8H2,1H3. The fraction of sp³-hybridized carbons (Fsp3) is 0.385. The summed E-state index contributed by atoms with van der Waals surface area (Å²) in [6.45, 7) is 3.62. The van der Waals surface area contributed by atoms with Crippen molar-refractivity contribution in [2.75, 3.05) is 13.1 Å². The zero-order valence-electron chi connectivity index (χ0n) is 9.44. The normalized spacial score (nSPS) is 13.1. The average Bonchev–Trinajstić information content (AvgIpc) is 2.70. The van der Waals surface area contributed by atoms with Crippen LogP contribution in [0.3, 0.4) is 0 Å². The zero-order valence-corrected chi connectivity index (χ0v) is 10.3. The molecule has 0 saturated carbocycles. The molecule has 2 aromatic rings. The molecule has 0 amide bonds. The molecule has 1 heterocycles. The average molecular weight is 235 g/mol. The number of hydrogen-bond acceptors (Lipinski definition) is 3. The molecule has 2 nitrogen and oxygen atoms in total. The van der Waals surface area contributed by atoms with Crippen molar-refractivity contribution in [1.29, 1.82) is 0 Å². The van der Waals surface area contributed by atoms with Crippen molar-refractivity contribution in [3.8, 4) is 0 Å². The Hall–Kier alpha value is -0.900. The lowest BCUT2D eigenvalue weighted by atomic mass is 10.1. The molecule has 1 aromatic heterocycles. The van der Waals surface area contributed by atoms with Crippen LogP contribution in [0.15, 0.2) is 29.6 Å². The van der Waals surface area contributed by atoms with E-state index in [0.717, 1.165) is 13.0 Å². The number of benzene rings is 1. The Morgan fingerprint density at radius 1 is 1.38 bits per heavy atom. The third kappa shape index (κ3) is 2.61. The monoisotopic (exact) mass is 235 g/mol. The van der Waals surface area contributed by atoms with Crippen molar-refractivity contribution < 1.29 is 5.11 Å². The lowest BCUT2D eigenvalue weighted by Gasteiger charge is -2.10. The van der Waals surface area contributed by atoms with Crippen LogP contribution in [0.2, 0.25) is 0 Å². The third-order valence-electron chi connectivity index (χ3n) is 2.65. The molecule has 0 saturated heterocycles. The quantitative estimate of drug-likeness (QED) is 0.834. The van der Waals surface area contributed by atoms with Gasteiger partial charge in [0.15, 0.2) is 0 Å². The second-order valence-corrected chi connectivity index (χ2v) is 4.83. The molecular formula is C13H17NOS. The second kappa shape index (κ2) is 5.43. The van der Waals surface area contributed by atoms with Crippen LogP contribution in [0.5, 0.6) is 0 Å². The SMILES string of the molecule is CCNCC(O)Cc1csc2ccccc12. The zero-order chi connectivity index (χ0) is 11.4. The molecule has 2 rings (SSSR count). The molecule has 1 aromatic carbocycles. The summed E-state index contributed by atoms with van der Waals surface area (Å²) in [6, 6.07) is 8.36. The summed E-state index contributed by atoms with van der Waals surface area (Å²) in [4.78, 5) is 0. The van der Waals surface area contributed by atoms with Crippen LogP contribution in [-0.4, -0.2) is 24.3 Å². The van der Waals surface area contributed by atoms with E-state index in [0.29, 0.717) is 6.54 Å². The van der Waals surface area contributed by atoms with Gasteiger partial charge in [0.2, 0.25) is 0 Å². The highest BCUT2D eigenvalue weighted by atomic mass is 32.1. The minimum atomic E-state index is -0.294. The van der Waals surface area contributed by atoms with Crippen molar-refractivity contribution in [3.05, 3.63) is 35.2 Å². The van der Waals surface area contributed by atoms with Crippen molar-refractivity contribution in [2.24, 2.45) is 0 Å². The van der Waals surface area contributed by atoms with E-state index in [2.05, 4.69) is 35.0 Å². The van der Waals surface area contributed by atoms with E-state index < -0.39 is 0 Å². The van der Waals surface area contributed by atoms with E-state index in [1.165, 1.54) is 15.6 Å². The van der Waals surface area contributed by atoms with Gasteiger partial charge >= 0.3 is 0 Å². The van der Waals surface area contributed by atoms with E-state index in [-0.39, 0.29) is 6.10 Å². The highest BCUT2D eigenvalue weighted by Crippen LogP contribution is 2.26. The molecule has 0 fully saturated rings. The van der Waals surface area contributed by atoms with Crippen LogP contribution >= 0.6 is 11.3 Å². The van der Waals surface area contributed by atoms with E-state index in [1.807, 2.05) is 6.92 Å². The maximum Gasteiger partial charge on any atom is 0.0705 e. The van der Waals surface area contributed by atoms with Crippen LogP contribution in [0.1, 0.15) is 12.5 Å². The van der Waals surface area contributed by atoms with Crippen LogP contribution in [-0.2, 0) is 6.42 Å². The molecule has 0 aliphatic carbocycles. The smallest absolute Gasteiger partial charge is 0.0705 e. The van der Waals surface area contributed by atoms with E-state index in [9.17, 15) is 5.11 Å². The van der Waals surface area contributed by atoms with Gasteiger partial charge in [0.1, 0.15) is 0 Å². The first-order chi connectivity index (χ1) is 7.81. The fourth-order valence-electron chi connectivity index (χ4n) is 1.83. The van der Waals surface area contributed by atoms with Gasteiger partial charge in [0, 0.05) is 17.7 Å². The van der Waals surface area contributed by atoms with E-state index in [4.69, 9.17) is 0 Å². The van der Waals surface area contributed by atoms with Crippen molar-refractivity contribution >= 4 is 21.4 Å². The van der Waals surface area contributed by atoms with Gasteiger partial charge in [0.05, 0.1) is 6.10 Å². The van der Waals surface area contributed by atoms with Crippen LogP contribution in [0, 0.1) is 0 Å². The van der Waals surface area contributed by atoms with Gasteiger partial charge in [-0.15, -0.1) is 11.3 Å². The Morgan fingerprint density at radius 2 is 2.19 bits per heavy atom. The first kappa shape index (κ1) is 11.6. The van der Waals surface area contributed by atoms with E-state index >= 15 is 0 Å². The Kier molecular flexibility index (Phi) is 3.93. The Bertz CT molecular complexity index is 452. The molecule has 0 radical (unpaired) electrons.